The summed E-state index contributed by atoms with van der Waals surface area (Å²) in [5.41, 5.74) is 0. The van der Waals surface area contributed by atoms with Crippen molar-refractivity contribution in [3.8, 4) is 0 Å². The van der Waals surface area contributed by atoms with Gasteiger partial charge in [-0.05, 0) is 44.1 Å². The second kappa shape index (κ2) is 36.3. The fourth-order valence-electron chi connectivity index (χ4n) is 5.72. The van der Waals surface area contributed by atoms with Crippen molar-refractivity contribution in [2.75, 3.05) is 13.2 Å². The van der Waals surface area contributed by atoms with Crippen LogP contribution in [0, 0.1) is 5.92 Å². The van der Waals surface area contributed by atoms with Crippen LogP contribution in [0.2, 0.25) is 0 Å². The summed E-state index contributed by atoms with van der Waals surface area (Å²) in [7, 11) is 0. The van der Waals surface area contributed by atoms with Crippen molar-refractivity contribution in [3.05, 3.63) is 24.3 Å². The van der Waals surface area contributed by atoms with E-state index in [1.807, 2.05) is 12.2 Å². The second-order valence-electron chi connectivity index (χ2n) is 14.3. The number of rotatable bonds is 36. The van der Waals surface area contributed by atoms with Crippen molar-refractivity contribution in [1.29, 1.82) is 0 Å². The number of ether oxygens (including phenoxy) is 2. The van der Waals surface area contributed by atoms with Gasteiger partial charge in [0, 0.05) is 19.3 Å². The van der Waals surface area contributed by atoms with Gasteiger partial charge >= 0.3 is 11.9 Å². The lowest BCUT2D eigenvalue weighted by atomic mass is 10.0. The first kappa shape index (κ1) is 46.0. The fraction of sp³-hybridized carbons (Fsp3) is 0.833. The number of hydrogen-bond acceptors (Lipinski definition) is 6. The zero-order valence-corrected chi connectivity index (χ0v) is 31.7. The van der Waals surface area contributed by atoms with Crippen LogP contribution in [0.5, 0.6) is 0 Å². The molecule has 0 saturated heterocycles. The third-order valence-corrected chi connectivity index (χ3v) is 8.84. The molecule has 0 radical (unpaired) electrons. The molecule has 0 aromatic heterocycles. The Bertz CT molecular complexity index is 802. The molecule has 1 N–H and O–H groups in total. The molecule has 0 bridgehead atoms. The average Bonchev–Trinajstić information content (AvgIpc) is 3.06. The molecule has 0 saturated carbocycles. The molecule has 0 heterocycles. The van der Waals surface area contributed by atoms with E-state index in [1.165, 1.54) is 83.5 Å². The van der Waals surface area contributed by atoms with Crippen LogP contribution in [0.25, 0.3) is 0 Å². The maximum atomic E-state index is 12.0. The van der Waals surface area contributed by atoms with E-state index in [2.05, 4.69) is 26.8 Å². The Morgan fingerprint density at radius 3 is 1.42 bits per heavy atom. The molecule has 0 unspecified atom stereocenters. The summed E-state index contributed by atoms with van der Waals surface area (Å²) in [5, 5.41) is 10.0. The Morgan fingerprint density at radius 1 is 0.542 bits per heavy atom. The molecule has 0 aliphatic heterocycles. The fourth-order valence-corrected chi connectivity index (χ4v) is 5.72. The van der Waals surface area contributed by atoms with Gasteiger partial charge < -0.3 is 14.6 Å². The highest BCUT2D eigenvalue weighted by Crippen LogP contribution is 2.15. The van der Waals surface area contributed by atoms with Gasteiger partial charge in [0.05, 0.1) is 0 Å². The number of aliphatic hydroxyl groups is 1. The van der Waals surface area contributed by atoms with Crippen LogP contribution >= 0.6 is 0 Å². The number of aliphatic hydroxyl groups excluding tert-OH is 1. The SMILES string of the molecule is CCCCCC(=O)/C=C/C=C\CCCCCCCC(=O)OC[C@@H](O)COC(=O)CCCCCCCCCCCCCCCCCC(C)C. The van der Waals surface area contributed by atoms with E-state index >= 15 is 0 Å². The predicted molar refractivity (Wildman–Crippen MR) is 201 cm³/mol. The summed E-state index contributed by atoms with van der Waals surface area (Å²) in [5.74, 6) is 0.432. The first-order chi connectivity index (χ1) is 23.3. The van der Waals surface area contributed by atoms with E-state index in [0.29, 0.717) is 19.3 Å². The van der Waals surface area contributed by atoms with Gasteiger partial charge in [-0.2, -0.15) is 0 Å². The Labute approximate surface area is 296 Å². The normalized spacial score (nSPS) is 12.4. The van der Waals surface area contributed by atoms with Crippen molar-refractivity contribution in [1.82, 2.24) is 0 Å². The topological polar surface area (TPSA) is 89.9 Å². The Hall–Kier alpha value is -1.95. The van der Waals surface area contributed by atoms with Crippen LogP contribution in [0.15, 0.2) is 24.3 Å². The van der Waals surface area contributed by atoms with Crippen LogP contribution in [0.1, 0.15) is 201 Å². The average molecular weight is 677 g/mol. The monoisotopic (exact) mass is 677 g/mol. The van der Waals surface area contributed by atoms with Gasteiger partial charge in [0.2, 0.25) is 0 Å². The van der Waals surface area contributed by atoms with Gasteiger partial charge in [-0.15, -0.1) is 0 Å². The standard InChI is InChI=1S/C42H76O6/c1-4-5-26-32-39(43)33-28-23-19-15-13-17-21-25-30-35-42(46)48-37-40(44)36-47-41(45)34-29-24-20-16-12-10-8-6-7-9-11-14-18-22-27-31-38(2)3/h19,23,28,33,38,40,44H,4-18,20-22,24-27,29-32,34-37H2,1-3H3/b23-19-,33-28+/t40-/m0/s1. The highest BCUT2D eigenvalue weighted by Gasteiger charge is 2.12. The zero-order chi connectivity index (χ0) is 35.3. The quantitative estimate of drug-likeness (QED) is 0.0307. The van der Waals surface area contributed by atoms with E-state index < -0.39 is 6.10 Å². The van der Waals surface area contributed by atoms with Gasteiger partial charge in [-0.1, -0.05) is 167 Å². The van der Waals surface area contributed by atoms with Crippen LogP contribution < -0.4 is 0 Å². The highest BCUT2D eigenvalue weighted by molar-refractivity contribution is 5.89. The maximum Gasteiger partial charge on any atom is 0.305 e. The number of carbonyl (C=O) groups is 3. The summed E-state index contributed by atoms with van der Waals surface area (Å²) in [6.45, 7) is 6.49. The van der Waals surface area contributed by atoms with Crippen LogP contribution in [-0.4, -0.2) is 42.1 Å². The molecule has 6 heteroatoms. The Morgan fingerprint density at radius 2 is 0.958 bits per heavy atom. The molecule has 0 spiro atoms. The van der Waals surface area contributed by atoms with Crippen molar-refractivity contribution >= 4 is 17.7 Å². The molecule has 0 aromatic carbocycles. The van der Waals surface area contributed by atoms with Gasteiger partial charge in [0.1, 0.15) is 19.3 Å². The summed E-state index contributed by atoms with van der Waals surface area (Å²) in [4.78, 5) is 35.6. The molecule has 0 rings (SSSR count). The molecular weight excluding hydrogens is 600 g/mol. The molecule has 0 amide bonds. The van der Waals surface area contributed by atoms with Crippen molar-refractivity contribution in [2.45, 2.75) is 207 Å². The number of esters is 2. The maximum absolute atomic E-state index is 12.0. The molecule has 0 aliphatic rings. The summed E-state index contributed by atoms with van der Waals surface area (Å²) < 4.78 is 10.3. The lowest BCUT2D eigenvalue weighted by Gasteiger charge is -2.12. The molecule has 1 atom stereocenters. The van der Waals surface area contributed by atoms with E-state index in [9.17, 15) is 19.5 Å². The molecular formula is C42H76O6. The smallest absolute Gasteiger partial charge is 0.305 e. The Kier molecular flexibility index (Phi) is 34.9. The van der Waals surface area contributed by atoms with E-state index in [4.69, 9.17) is 9.47 Å². The largest absolute Gasteiger partial charge is 0.463 e. The van der Waals surface area contributed by atoms with Crippen molar-refractivity contribution < 1.29 is 29.0 Å². The second-order valence-corrected chi connectivity index (χ2v) is 14.3. The lowest BCUT2D eigenvalue weighted by molar-refractivity contribution is -0.152. The summed E-state index contributed by atoms with van der Waals surface area (Å²) in [6.07, 6.45) is 37.8. The van der Waals surface area contributed by atoms with Gasteiger partial charge in [0.15, 0.2) is 5.78 Å². The van der Waals surface area contributed by atoms with Gasteiger partial charge in [0.25, 0.3) is 0 Å². The molecule has 6 nitrogen and oxygen atoms in total. The first-order valence-corrected chi connectivity index (χ1v) is 20.2. The van der Waals surface area contributed by atoms with E-state index in [-0.39, 0.29) is 30.9 Å². The van der Waals surface area contributed by atoms with Gasteiger partial charge in [-0.25, -0.2) is 0 Å². The van der Waals surface area contributed by atoms with Crippen molar-refractivity contribution in [2.24, 2.45) is 5.92 Å². The third-order valence-electron chi connectivity index (χ3n) is 8.84. The first-order valence-electron chi connectivity index (χ1n) is 20.2. The number of allylic oxidation sites excluding steroid dienone is 4. The third kappa shape index (κ3) is 36.9. The predicted octanol–water partition coefficient (Wildman–Crippen LogP) is 11.7. The van der Waals surface area contributed by atoms with Crippen LogP contribution in [0.3, 0.4) is 0 Å². The van der Waals surface area contributed by atoms with Gasteiger partial charge in [-0.3, -0.25) is 14.4 Å². The zero-order valence-electron chi connectivity index (χ0n) is 31.7. The molecule has 0 fully saturated rings. The van der Waals surface area contributed by atoms with E-state index in [0.717, 1.165) is 83.0 Å². The molecule has 48 heavy (non-hydrogen) atoms. The summed E-state index contributed by atoms with van der Waals surface area (Å²) in [6, 6.07) is 0. The minimum atomic E-state index is -0.987. The number of unbranched alkanes of at least 4 members (excludes halogenated alkanes) is 21. The minimum absolute atomic E-state index is 0.135. The minimum Gasteiger partial charge on any atom is -0.463 e. The number of hydrogen-bond donors (Lipinski definition) is 1. The molecule has 0 aromatic rings. The number of ketones is 1. The molecule has 0 aliphatic carbocycles. The number of carbonyl (C=O) groups excluding carboxylic acids is 3. The summed E-state index contributed by atoms with van der Waals surface area (Å²) >= 11 is 0. The lowest BCUT2D eigenvalue weighted by Crippen LogP contribution is -2.25. The molecule has 280 valence electrons. The van der Waals surface area contributed by atoms with Crippen LogP contribution in [-0.2, 0) is 23.9 Å². The van der Waals surface area contributed by atoms with E-state index in [1.54, 1.807) is 6.08 Å². The van der Waals surface area contributed by atoms with Crippen LogP contribution in [0.4, 0.5) is 0 Å². The highest BCUT2D eigenvalue weighted by atomic mass is 16.6. The Balaban J connectivity index is 3.47. The van der Waals surface area contributed by atoms with Crippen molar-refractivity contribution in [3.63, 3.8) is 0 Å².